The molecule has 5 aromatic rings. The minimum Gasteiger partial charge on any atom is -0.436 e. The minimum atomic E-state index is -0.481. The first-order chi connectivity index (χ1) is 17.5. The zero-order valence-electron chi connectivity index (χ0n) is 20.0. The highest BCUT2D eigenvalue weighted by Crippen LogP contribution is 2.28. The Morgan fingerprint density at radius 2 is 1.50 bits per heavy atom. The number of carbonyl (C=O) groups is 1. The number of nitrogens with zero attached hydrogens (tertiary/aromatic N) is 1. The van der Waals surface area contributed by atoms with E-state index in [1.807, 2.05) is 84.9 Å². The lowest BCUT2D eigenvalue weighted by Gasteiger charge is -2.18. The van der Waals surface area contributed by atoms with Gasteiger partial charge in [-0.3, -0.25) is 4.79 Å². The summed E-state index contributed by atoms with van der Waals surface area (Å²) >= 11 is 5.48. The van der Waals surface area contributed by atoms with Crippen molar-refractivity contribution in [3.63, 3.8) is 0 Å². The molecule has 5 rings (SSSR count). The average molecular weight is 492 g/mol. The highest BCUT2D eigenvalue weighted by molar-refractivity contribution is 7.80. The average Bonchev–Trinajstić information content (AvgIpc) is 3.30. The maximum atomic E-state index is 13.3. The molecule has 0 atom stereocenters. The van der Waals surface area contributed by atoms with Crippen LogP contribution in [-0.4, -0.2) is 16.0 Å². The number of rotatable bonds is 5. The Kier molecular flexibility index (Phi) is 6.60. The van der Waals surface area contributed by atoms with Crippen molar-refractivity contribution in [2.45, 2.75) is 19.8 Å². The summed E-state index contributed by atoms with van der Waals surface area (Å²) in [4.78, 5) is 18.0. The number of thiocarbonyl (C=S) groups is 1. The predicted molar refractivity (Wildman–Crippen MR) is 148 cm³/mol. The number of benzene rings is 4. The van der Waals surface area contributed by atoms with Gasteiger partial charge in [0.1, 0.15) is 5.52 Å². The molecular formula is C30H25N3O2S. The fourth-order valence-electron chi connectivity index (χ4n) is 4.14. The van der Waals surface area contributed by atoms with Crippen molar-refractivity contribution < 1.29 is 9.21 Å². The van der Waals surface area contributed by atoms with Crippen LogP contribution in [-0.2, 0) is 4.79 Å². The predicted octanol–water partition coefficient (Wildman–Crippen LogP) is 6.76. The van der Waals surface area contributed by atoms with Crippen LogP contribution in [0, 0.1) is 13.8 Å². The number of nitrogens with one attached hydrogen (secondary N) is 2. The van der Waals surface area contributed by atoms with Crippen molar-refractivity contribution in [3.05, 3.63) is 119 Å². The highest BCUT2D eigenvalue weighted by atomic mass is 32.1. The Hall–Kier alpha value is -4.29. The third-order valence-corrected chi connectivity index (χ3v) is 6.37. The van der Waals surface area contributed by atoms with Crippen LogP contribution in [0.1, 0.15) is 28.2 Å². The summed E-state index contributed by atoms with van der Waals surface area (Å²) in [5.41, 5.74) is 7.22. The van der Waals surface area contributed by atoms with Crippen molar-refractivity contribution in [2.75, 3.05) is 5.32 Å². The molecule has 6 heteroatoms. The van der Waals surface area contributed by atoms with Gasteiger partial charge in [-0.2, -0.15) is 0 Å². The van der Waals surface area contributed by atoms with Crippen molar-refractivity contribution in [2.24, 2.45) is 0 Å². The second kappa shape index (κ2) is 10.1. The van der Waals surface area contributed by atoms with Gasteiger partial charge in [0.05, 0.1) is 5.92 Å². The largest absolute Gasteiger partial charge is 0.436 e. The second-order valence-electron chi connectivity index (χ2n) is 8.70. The van der Waals surface area contributed by atoms with Crippen LogP contribution in [0.4, 0.5) is 5.69 Å². The summed E-state index contributed by atoms with van der Waals surface area (Å²) in [7, 11) is 0. The first kappa shape index (κ1) is 23.5. The number of anilines is 1. The van der Waals surface area contributed by atoms with Crippen molar-refractivity contribution in [1.82, 2.24) is 10.3 Å². The van der Waals surface area contributed by atoms with Gasteiger partial charge in [0.25, 0.3) is 0 Å². The molecule has 0 saturated carbocycles. The van der Waals surface area contributed by atoms with Gasteiger partial charge in [-0.25, -0.2) is 4.98 Å². The molecule has 1 heterocycles. The SMILES string of the molecule is Cc1ccc(-c2nc3cc(NC(=S)NC(=O)C(c4ccccc4)c4ccccc4)ccc3o2)cc1C. The van der Waals surface area contributed by atoms with E-state index < -0.39 is 5.92 Å². The summed E-state index contributed by atoms with van der Waals surface area (Å²) in [6.07, 6.45) is 0. The van der Waals surface area contributed by atoms with Crippen LogP contribution in [0.2, 0.25) is 0 Å². The second-order valence-corrected chi connectivity index (χ2v) is 9.11. The molecule has 1 amide bonds. The minimum absolute atomic E-state index is 0.204. The number of aromatic nitrogens is 1. The Morgan fingerprint density at radius 3 is 2.14 bits per heavy atom. The molecule has 0 saturated heterocycles. The number of fused-ring (bicyclic) bond motifs is 1. The Bertz CT molecular complexity index is 1510. The van der Waals surface area contributed by atoms with E-state index >= 15 is 0 Å². The van der Waals surface area contributed by atoms with E-state index in [0.717, 1.165) is 16.7 Å². The summed E-state index contributed by atoms with van der Waals surface area (Å²) in [6.45, 7) is 4.14. The number of amides is 1. The van der Waals surface area contributed by atoms with Crippen LogP contribution in [0.25, 0.3) is 22.6 Å². The van der Waals surface area contributed by atoms with Crippen LogP contribution < -0.4 is 10.6 Å². The quantitative estimate of drug-likeness (QED) is 0.266. The molecule has 0 spiro atoms. The fraction of sp³-hybridized carbons (Fsp3) is 0.100. The third-order valence-electron chi connectivity index (χ3n) is 6.16. The van der Waals surface area contributed by atoms with Gasteiger partial charge in [-0.15, -0.1) is 0 Å². The van der Waals surface area contributed by atoms with Crippen LogP contribution in [0.15, 0.2) is 101 Å². The maximum absolute atomic E-state index is 13.3. The van der Waals surface area contributed by atoms with Crippen LogP contribution >= 0.6 is 12.2 Å². The Labute approximate surface area is 215 Å². The molecule has 0 aliphatic rings. The monoisotopic (exact) mass is 491 g/mol. The van der Waals surface area contributed by atoms with Crippen molar-refractivity contribution in [1.29, 1.82) is 0 Å². The maximum Gasteiger partial charge on any atom is 0.238 e. The summed E-state index contributed by atoms with van der Waals surface area (Å²) in [5, 5.41) is 6.18. The molecule has 0 fully saturated rings. The zero-order valence-corrected chi connectivity index (χ0v) is 20.8. The van der Waals surface area contributed by atoms with Gasteiger partial charge in [-0.05, 0) is 78.7 Å². The van der Waals surface area contributed by atoms with Gasteiger partial charge in [0.2, 0.25) is 11.8 Å². The number of hydrogen-bond donors (Lipinski definition) is 2. The molecule has 1 aromatic heterocycles. The first-order valence-electron chi connectivity index (χ1n) is 11.7. The van der Waals surface area contributed by atoms with E-state index in [4.69, 9.17) is 16.6 Å². The molecule has 5 nitrogen and oxygen atoms in total. The van der Waals surface area contributed by atoms with Gasteiger partial charge in [0, 0.05) is 11.3 Å². The summed E-state index contributed by atoms with van der Waals surface area (Å²) < 4.78 is 5.96. The van der Waals surface area contributed by atoms with E-state index in [9.17, 15) is 4.79 Å². The van der Waals surface area contributed by atoms with E-state index in [0.29, 0.717) is 22.7 Å². The first-order valence-corrected chi connectivity index (χ1v) is 12.1. The van der Waals surface area contributed by atoms with Gasteiger partial charge >= 0.3 is 0 Å². The lowest BCUT2D eigenvalue weighted by Crippen LogP contribution is -2.37. The van der Waals surface area contributed by atoms with Gasteiger partial charge in [-0.1, -0.05) is 66.7 Å². The molecule has 36 heavy (non-hydrogen) atoms. The third kappa shape index (κ3) is 5.04. The Morgan fingerprint density at radius 1 is 0.833 bits per heavy atom. The summed E-state index contributed by atoms with van der Waals surface area (Å²) in [6, 6.07) is 31.0. The van der Waals surface area contributed by atoms with Gasteiger partial charge < -0.3 is 15.1 Å². The molecule has 0 bridgehead atoms. The van der Waals surface area contributed by atoms with Crippen molar-refractivity contribution in [3.8, 4) is 11.5 Å². The molecule has 0 unspecified atom stereocenters. The molecule has 0 aliphatic heterocycles. The highest BCUT2D eigenvalue weighted by Gasteiger charge is 2.23. The number of aryl methyl sites for hydroxylation is 2. The zero-order chi connectivity index (χ0) is 25.1. The standard InChI is InChI=1S/C30H25N3O2S/c1-19-13-14-23(17-20(19)2)29-32-25-18-24(15-16-26(25)35-29)31-30(36)33-28(34)27(21-9-5-3-6-10-21)22-11-7-4-8-12-22/h3-18,27H,1-2H3,(H2,31,33,34,36). The molecule has 2 N–H and O–H groups in total. The smallest absolute Gasteiger partial charge is 0.238 e. The van der Waals surface area contributed by atoms with Crippen molar-refractivity contribution >= 4 is 40.0 Å². The molecule has 0 aliphatic carbocycles. The number of oxazole rings is 1. The van der Waals surface area contributed by atoms with E-state index in [-0.39, 0.29) is 11.0 Å². The molecular weight excluding hydrogens is 466 g/mol. The van der Waals surface area contributed by atoms with Gasteiger partial charge in [0.15, 0.2) is 10.7 Å². The molecule has 0 radical (unpaired) electrons. The van der Waals surface area contributed by atoms with E-state index in [2.05, 4.69) is 41.6 Å². The fourth-order valence-corrected chi connectivity index (χ4v) is 4.35. The van der Waals surface area contributed by atoms with Crippen LogP contribution in [0.3, 0.4) is 0 Å². The number of hydrogen-bond acceptors (Lipinski definition) is 4. The normalized spacial score (nSPS) is 11.0. The molecule has 4 aromatic carbocycles. The number of carbonyl (C=O) groups excluding carboxylic acids is 1. The van der Waals surface area contributed by atoms with E-state index in [1.165, 1.54) is 11.1 Å². The lowest BCUT2D eigenvalue weighted by atomic mass is 9.90. The topological polar surface area (TPSA) is 67.2 Å². The Balaban J connectivity index is 1.33. The summed E-state index contributed by atoms with van der Waals surface area (Å²) in [5.74, 6) is -0.121. The lowest BCUT2D eigenvalue weighted by molar-refractivity contribution is -0.120. The molecule has 178 valence electrons. The van der Waals surface area contributed by atoms with E-state index in [1.54, 1.807) is 0 Å². The van der Waals surface area contributed by atoms with Crippen LogP contribution in [0.5, 0.6) is 0 Å².